The van der Waals surface area contributed by atoms with Crippen LogP contribution in [-0.2, 0) is 0 Å². The van der Waals surface area contributed by atoms with E-state index in [9.17, 15) is 5.11 Å². The number of fused-ring (bicyclic) bond motifs is 2. The van der Waals surface area contributed by atoms with Crippen molar-refractivity contribution in [1.82, 2.24) is 18.8 Å². The van der Waals surface area contributed by atoms with E-state index in [4.69, 9.17) is 14.7 Å². The Morgan fingerprint density at radius 3 is 2.29 bits per heavy atom. The monoisotopic (exact) mass is 420 g/mol. The SMILES string of the molecule is CCCC(CCOc1ccc2nc([C@@H](C)CCC)cn2c1)c1cn2cc(O)ccc2n1. The van der Waals surface area contributed by atoms with Crippen LogP contribution in [0.2, 0.25) is 0 Å². The van der Waals surface area contributed by atoms with Gasteiger partial charge in [0, 0.05) is 18.3 Å². The van der Waals surface area contributed by atoms with Gasteiger partial charge in [0.05, 0.1) is 30.4 Å². The second kappa shape index (κ2) is 9.41. The molecule has 6 nitrogen and oxygen atoms in total. The van der Waals surface area contributed by atoms with Gasteiger partial charge in [-0.1, -0.05) is 33.6 Å². The number of ether oxygens (including phenoxy) is 1. The maximum atomic E-state index is 9.71. The van der Waals surface area contributed by atoms with E-state index in [2.05, 4.69) is 31.4 Å². The summed E-state index contributed by atoms with van der Waals surface area (Å²) in [4.78, 5) is 9.51. The Balaban J connectivity index is 1.42. The van der Waals surface area contributed by atoms with E-state index in [1.165, 1.54) is 0 Å². The third kappa shape index (κ3) is 4.84. The molecule has 164 valence electrons. The molecule has 0 saturated carbocycles. The summed E-state index contributed by atoms with van der Waals surface area (Å²) in [6, 6.07) is 7.54. The molecule has 0 fully saturated rings. The van der Waals surface area contributed by atoms with Crippen LogP contribution in [0.5, 0.6) is 11.5 Å². The van der Waals surface area contributed by atoms with Crippen molar-refractivity contribution in [3.63, 3.8) is 0 Å². The van der Waals surface area contributed by atoms with Crippen molar-refractivity contribution in [2.75, 3.05) is 6.61 Å². The van der Waals surface area contributed by atoms with E-state index in [1.807, 2.05) is 35.0 Å². The maximum absolute atomic E-state index is 9.71. The maximum Gasteiger partial charge on any atom is 0.137 e. The highest BCUT2D eigenvalue weighted by Crippen LogP contribution is 2.26. The number of hydrogen-bond donors (Lipinski definition) is 1. The lowest BCUT2D eigenvalue weighted by Crippen LogP contribution is -2.07. The van der Waals surface area contributed by atoms with Crippen LogP contribution in [0.4, 0.5) is 0 Å². The molecule has 31 heavy (non-hydrogen) atoms. The first-order chi connectivity index (χ1) is 15.1. The van der Waals surface area contributed by atoms with Crippen molar-refractivity contribution in [3.8, 4) is 11.5 Å². The van der Waals surface area contributed by atoms with Gasteiger partial charge in [0.15, 0.2) is 0 Å². The Bertz CT molecular complexity index is 1150. The minimum absolute atomic E-state index is 0.244. The second-order valence-electron chi connectivity index (χ2n) is 8.43. The van der Waals surface area contributed by atoms with Crippen LogP contribution >= 0.6 is 0 Å². The quantitative estimate of drug-likeness (QED) is 0.345. The molecule has 6 heteroatoms. The molecule has 1 N–H and O–H groups in total. The van der Waals surface area contributed by atoms with E-state index >= 15 is 0 Å². The number of aromatic hydroxyl groups is 1. The van der Waals surface area contributed by atoms with Gasteiger partial charge in [0.25, 0.3) is 0 Å². The number of nitrogens with zero attached hydrogens (tertiary/aromatic N) is 4. The van der Waals surface area contributed by atoms with Gasteiger partial charge in [-0.2, -0.15) is 0 Å². The fourth-order valence-electron chi connectivity index (χ4n) is 4.20. The van der Waals surface area contributed by atoms with Crippen LogP contribution in [0.25, 0.3) is 11.3 Å². The van der Waals surface area contributed by atoms with Gasteiger partial charge >= 0.3 is 0 Å². The lowest BCUT2D eigenvalue weighted by molar-refractivity contribution is 0.291. The van der Waals surface area contributed by atoms with Gasteiger partial charge in [0.1, 0.15) is 22.8 Å². The molecule has 4 aromatic rings. The minimum atomic E-state index is 0.244. The van der Waals surface area contributed by atoms with Gasteiger partial charge in [-0.15, -0.1) is 0 Å². The van der Waals surface area contributed by atoms with E-state index in [0.29, 0.717) is 18.4 Å². The van der Waals surface area contributed by atoms with E-state index in [0.717, 1.165) is 60.5 Å². The third-order valence-corrected chi connectivity index (χ3v) is 5.91. The van der Waals surface area contributed by atoms with Crippen LogP contribution in [0.3, 0.4) is 0 Å². The Kier molecular flexibility index (Phi) is 6.44. The van der Waals surface area contributed by atoms with Gasteiger partial charge in [-0.25, -0.2) is 9.97 Å². The topological polar surface area (TPSA) is 64.1 Å². The van der Waals surface area contributed by atoms with E-state index < -0.39 is 0 Å². The summed E-state index contributed by atoms with van der Waals surface area (Å²) in [5.74, 6) is 1.89. The molecule has 0 bridgehead atoms. The zero-order chi connectivity index (χ0) is 21.8. The van der Waals surface area contributed by atoms with Crippen LogP contribution in [0.1, 0.15) is 76.1 Å². The molecule has 0 aliphatic carbocycles. The lowest BCUT2D eigenvalue weighted by atomic mass is 9.97. The largest absolute Gasteiger partial charge is 0.506 e. The molecule has 1 unspecified atom stereocenters. The van der Waals surface area contributed by atoms with Crippen LogP contribution in [0.15, 0.2) is 49.1 Å². The van der Waals surface area contributed by atoms with Gasteiger partial charge in [-0.05, 0) is 49.4 Å². The van der Waals surface area contributed by atoms with E-state index in [1.54, 1.807) is 12.3 Å². The normalized spacial score (nSPS) is 13.6. The van der Waals surface area contributed by atoms with Crippen molar-refractivity contribution >= 4 is 11.3 Å². The molecule has 0 radical (unpaired) electrons. The molecular weight excluding hydrogens is 388 g/mol. The van der Waals surface area contributed by atoms with Crippen LogP contribution in [0, 0.1) is 0 Å². The van der Waals surface area contributed by atoms with Crippen LogP contribution < -0.4 is 4.74 Å². The van der Waals surface area contributed by atoms with Gasteiger partial charge in [0.2, 0.25) is 0 Å². The fraction of sp³-hybridized carbons (Fsp3) is 0.440. The molecule has 2 atom stereocenters. The molecule has 0 aliphatic rings. The van der Waals surface area contributed by atoms with Crippen LogP contribution in [-0.4, -0.2) is 30.5 Å². The smallest absolute Gasteiger partial charge is 0.137 e. The number of hydrogen-bond acceptors (Lipinski definition) is 4. The average molecular weight is 421 g/mol. The first kappa shape index (κ1) is 21.2. The molecule has 4 rings (SSSR count). The summed E-state index contributed by atoms with van der Waals surface area (Å²) in [5, 5.41) is 9.71. The van der Waals surface area contributed by atoms with Gasteiger partial charge < -0.3 is 18.6 Å². The molecule has 0 spiro atoms. The zero-order valence-corrected chi connectivity index (χ0v) is 18.7. The molecule has 0 saturated heterocycles. The highest BCUT2D eigenvalue weighted by molar-refractivity contribution is 5.44. The van der Waals surface area contributed by atoms with Gasteiger partial charge in [-0.3, -0.25) is 0 Å². The molecule has 4 heterocycles. The van der Waals surface area contributed by atoms with Crippen molar-refractivity contribution in [2.45, 2.75) is 64.7 Å². The Morgan fingerprint density at radius 1 is 0.839 bits per heavy atom. The van der Waals surface area contributed by atoms with Crippen molar-refractivity contribution in [2.24, 2.45) is 0 Å². The summed E-state index contributed by atoms with van der Waals surface area (Å²) in [5.41, 5.74) is 4.01. The number of pyridine rings is 2. The lowest BCUT2D eigenvalue weighted by Gasteiger charge is -2.14. The number of imidazole rings is 2. The summed E-state index contributed by atoms with van der Waals surface area (Å²) < 4.78 is 10.1. The molecule has 0 aliphatic heterocycles. The van der Waals surface area contributed by atoms with E-state index in [-0.39, 0.29) is 5.75 Å². The first-order valence-corrected chi connectivity index (χ1v) is 11.4. The third-order valence-electron chi connectivity index (χ3n) is 5.91. The summed E-state index contributed by atoms with van der Waals surface area (Å²) in [6.07, 6.45) is 13.2. The summed E-state index contributed by atoms with van der Waals surface area (Å²) in [7, 11) is 0. The predicted octanol–water partition coefficient (Wildman–Crippen LogP) is 5.94. The Morgan fingerprint density at radius 2 is 1.52 bits per heavy atom. The predicted molar refractivity (Wildman–Crippen MR) is 123 cm³/mol. The number of aromatic nitrogens is 4. The highest BCUT2D eigenvalue weighted by atomic mass is 16.5. The number of rotatable bonds is 10. The van der Waals surface area contributed by atoms with Crippen molar-refractivity contribution < 1.29 is 9.84 Å². The van der Waals surface area contributed by atoms with Crippen molar-refractivity contribution in [3.05, 3.63) is 60.4 Å². The minimum Gasteiger partial charge on any atom is -0.506 e. The molecular formula is C25H32N4O2. The molecule has 0 amide bonds. The van der Waals surface area contributed by atoms with Crippen molar-refractivity contribution in [1.29, 1.82) is 0 Å². The summed E-state index contributed by atoms with van der Waals surface area (Å²) >= 11 is 0. The first-order valence-electron chi connectivity index (χ1n) is 11.4. The average Bonchev–Trinajstić information content (AvgIpc) is 3.36. The Hall–Kier alpha value is -3.02. The molecule has 4 aromatic heterocycles. The second-order valence-corrected chi connectivity index (χ2v) is 8.43. The zero-order valence-electron chi connectivity index (χ0n) is 18.7. The summed E-state index contributed by atoms with van der Waals surface area (Å²) in [6.45, 7) is 7.26. The Labute approximate surface area is 183 Å². The fourth-order valence-corrected chi connectivity index (χ4v) is 4.20. The highest BCUT2D eigenvalue weighted by Gasteiger charge is 2.16. The standard InChI is InChI=1S/C25H32N4O2/c1-4-6-18(3)22-16-29-15-21(9-11-25(29)26-22)31-13-12-19(7-5-2)23-17-28-14-20(30)8-10-24(28)27-23/h8-11,14-19,30H,4-7,12-13H2,1-3H3/t18-,19?/m0/s1. The molecule has 0 aromatic carbocycles.